The zero-order chi connectivity index (χ0) is 6.16. The van der Waals surface area contributed by atoms with Gasteiger partial charge in [0.15, 0.2) is 0 Å². The summed E-state index contributed by atoms with van der Waals surface area (Å²) < 4.78 is 5.15. The molecule has 2 heterocycles. The monoisotopic (exact) mass is 144 g/mol. The van der Waals surface area contributed by atoms with E-state index in [1.807, 2.05) is 0 Å². The first-order valence-corrected chi connectivity index (χ1v) is 3.74. The van der Waals surface area contributed by atoms with Crippen LogP contribution in [0.2, 0.25) is 0 Å². The van der Waals surface area contributed by atoms with Crippen LogP contribution in [0, 0.1) is 0 Å². The molecule has 2 aliphatic rings. The van der Waals surface area contributed by atoms with Crippen molar-refractivity contribution in [3.8, 4) is 0 Å². The molecule has 60 valence electrons. The molecule has 0 amide bonds. The van der Waals surface area contributed by atoms with E-state index in [0.717, 1.165) is 13.2 Å². The Morgan fingerprint density at radius 2 is 2.00 bits per heavy atom. The van der Waals surface area contributed by atoms with Crippen molar-refractivity contribution < 1.29 is 4.74 Å². The van der Waals surface area contributed by atoms with Crippen LogP contribution in [-0.4, -0.2) is 25.3 Å². The predicted molar refractivity (Wildman–Crippen MR) is 40.4 cm³/mol. The third-order valence-corrected chi connectivity index (χ3v) is 2.34. The summed E-state index contributed by atoms with van der Waals surface area (Å²) in [7, 11) is 0. The second-order valence-corrected chi connectivity index (χ2v) is 3.16. The van der Waals surface area contributed by atoms with Gasteiger partial charge in [0.1, 0.15) is 0 Å². The quantitative estimate of drug-likeness (QED) is 0.526. The highest BCUT2D eigenvalue weighted by molar-refractivity contribution is 4.96. The van der Waals surface area contributed by atoms with E-state index in [1.54, 1.807) is 0 Å². The van der Waals surface area contributed by atoms with E-state index in [2.05, 4.69) is 5.32 Å². The van der Waals surface area contributed by atoms with Crippen molar-refractivity contribution in [1.29, 1.82) is 0 Å². The summed E-state index contributed by atoms with van der Waals surface area (Å²) >= 11 is 0. The molecular formula is C7H16N2O. The topological polar surface area (TPSA) is 56.3 Å². The van der Waals surface area contributed by atoms with Gasteiger partial charge in [0, 0.05) is 0 Å². The molecule has 2 saturated heterocycles. The van der Waals surface area contributed by atoms with Gasteiger partial charge in [-0.1, -0.05) is 6.42 Å². The van der Waals surface area contributed by atoms with Crippen LogP contribution in [0.25, 0.3) is 0 Å². The maximum atomic E-state index is 5.15. The first-order valence-electron chi connectivity index (χ1n) is 3.74. The number of piperidine rings is 1. The van der Waals surface area contributed by atoms with Crippen molar-refractivity contribution in [3.63, 3.8) is 0 Å². The highest BCUT2D eigenvalue weighted by Crippen LogP contribution is 2.26. The lowest BCUT2D eigenvalue weighted by Gasteiger charge is -2.45. The largest absolute Gasteiger partial charge is 0.377 e. The van der Waals surface area contributed by atoms with E-state index in [1.165, 1.54) is 25.8 Å². The molecule has 0 bridgehead atoms. The van der Waals surface area contributed by atoms with Gasteiger partial charge in [0.2, 0.25) is 0 Å². The van der Waals surface area contributed by atoms with Crippen LogP contribution in [0.3, 0.4) is 0 Å². The fraction of sp³-hybridized carbons (Fsp3) is 1.00. The van der Waals surface area contributed by atoms with Crippen molar-refractivity contribution >= 4 is 0 Å². The van der Waals surface area contributed by atoms with Gasteiger partial charge in [-0.15, -0.1) is 0 Å². The van der Waals surface area contributed by atoms with Crippen LogP contribution in [0.1, 0.15) is 19.3 Å². The molecule has 0 aromatic rings. The van der Waals surface area contributed by atoms with Gasteiger partial charge in [-0.2, -0.15) is 0 Å². The molecule has 0 saturated carbocycles. The predicted octanol–water partition coefficient (Wildman–Crippen LogP) is 0.691. The minimum absolute atomic E-state index is 0. The Labute approximate surface area is 61.7 Å². The van der Waals surface area contributed by atoms with Gasteiger partial charge in [0.05, 0.1) is 18.8 Å². The molecular weight excluding hydrogens is 128 g/mol. The fourth-order valence-electron chi connectivity index (χ4n) is 1.63. The minimum Gasteiger partial charge on any atom is -0.377 e. The molecule has 2 rings (SSSR count). The molecule has 2 aliphatic heterocycles. The first kappa shape index (κ1) is 7.98. The number of ether oxygens (including phenoxy) is 1. The Kier molecular flexibility index (Phi) is 2.28. The third-order valence-electron chi connectivity index (χ3n) is 2.34. The van der Waals surface area contributed by atoms with Gasteiger partial charge in [0.25, 0.3) is 0 Å². The lowest BCUT2D eigenvalue weighted by Crippen LogP contribution is -2.62. The second-order valence-electron chi connectivity index (χ2n) is 3.16. The van der Waals surface area contributed by atoms with E-state index in [0.29, 0.717) is 5.54 Å². The summed E-state index contributed by atoms with van der Waals surface area (Å²) in [6.07, 6.45) is 4.06. The van der Waals surface area contributed by atoms with Gasteiger partial charge in [-0.3, -0.25) is 0 Å². The van der Waals surface area contributed by atoms with Crippen LogP contribution in [0.15, 0.2) is 0 Å². The summed E-state index contributed by atoms with van der Waals surface area (Å²) in [6.45, 7) is 3.10. The summed E-state index contributed by atoms with van der Waals surface area (Å²) in [5, 5.41) is 3.51. The van der Waals surface area contributed by atoms with Crippen LogP contribution >= 0.6 is 0 Å². The lowest BCUT2D eigenvalue weighted by atomic mass is 9.87. The Bertz CT molecular complexity index is 104. The maximum absolute atomic E-state index is 5.15. The molecule has 0 aliphatic carbocycles. The molecule has 0 aromatic heterocycles. The van der Waals surface area contributed by atoms with E-state index < -0.39 is 0 Å². The van der Waals surface area contributed by atoms with Crippen molar-refractivity contribution in [2.24, 2.45) is 0 Å². The molecule has 0 atom stereocenters. The van der Waals surface area contributed by atoms with Gasteiger partial charge in [-0.05, 0) is 19.4 Å². The average Bonchev–Trinajstić information content (AvgIpc) is 1.87. The molecule has 0 unspecified atom stereocenters. The highest BCUT2D eigenvalue weighted by Gasteiger charge is 2.38. The Hall–Kier alpha value is -0.120. The Balaban J connectivity index is 0.000000500. The summed E-state index contributed by atoms with van der Waals surface area (Å²) in [5.74, 6) is 0. The SMILES string of the molecule is C1CCC2(COC2)NC1.N. The smallest absolute Gasteiger partial charge is 0.0671 e. The standard InChI is InChI=1S/C7H13NO.H3N/c1-2-4-8-7(3-1)5-9-6-7;/h8H,1-6H2;1H3. The minimum atomic E-state index is 0. The van der Waals surface area contributed by atoms with Gasteiger partial charge < -0.3 is 16.2 Å². The van der Waals surface area contributed by atoms with E-state index in [4.69, 9.17) is 4.74 Å². The first-order chi connectivity index (χ1) is 4.41. The van der Waals surface area contributed by atoms with Crippen LogP contribution in [0.4, 0.5) is 0 Å². The second kappa shape index (κ2) is 2.86. The van der Waals surface area contributed by atoms with Gasteiger partial charge in [-0.25, -0.2) is 0 Å². The molecule has 1 spiro atoms. The molecule has 0 aromatic carbocycles. The van der Waals surface area contributed by atoms with Crippen LogP contribution in [0.5, 0.6) is 0 Å². The normalized spacial score (nSPS) is 28.8. The Morgan fingerprint density at radius 1 is 1.20 bits per heavy atom. The van der Waals surface area contributed by atoms with Crippen molar-refractivity contribution in [2.75, 3.05) is 19.8 Å². The van der Waals surface area contributed by atoms with Crippen molar-refractivity contribution in [1.82, 2.24) is 11.5 Å². The van der Waals surface area contributed by atoms with Crippen LogP contribution < -0.4 is 11.5 Å². The number of hydrogen-bond acceptors (Lipinski definition) is 3. The lowest BCUT2D eigenvalue weighted by molar-refractivity contribution is -0.0858. The maximum Gasteiger partial charge on any atom is 0.0671 e. The van der Waals surface area contributed by atoms with Crippen molar-refractivity contribution in [3.05, 3.63) is 0 Å². The molecule has 2 fully saturated rings. The third kappa shape index (κ3) is 1.17. The highest BCUT2D eigenvalue weighted by atomic mass is 16.5. The zero-order valence-electron chi connectivity index (χ0n) is 6.36. The molecule has 3 nitrogen and oxygen atoms in total. The van der Waals surface area contributed by atoms with E-state index >= 15 is 0 Å². The zero-order valence-corrected chi connectivity index (χ0v) is 6.36. The Morgan fingerprint density at radius 3 is 2.30 bits per heavy atom. The average molecular weight is 144 g/mol. The molecule has 3 heteroatoms. The van der Waals surface area contributed by atoms with Crippen molar-refractivity contribution in [2.45, 2.75) is 24.8 Å². The summed E-state index contributed by atoms with van der Waals surface area (Å²) in [4.78, 5) is 0. The number of hydrogen-bond donors (Lipinski definition) is 2. The number of nitrogens with one attached hydrogen (secondary N) is 1. The molecule has 4 N–H and O–H groups in total. The summed E-state index contributed by atoms with van der Waals surface area (Å²) in [5.41, 5.74) is 0.429. The fourth-order valence-corrected chi connectivity index (χ4v) is 1.63. The van der Waals surface area contributed by atoms with E-state index in [-0.39, 0.29) is 6.15 Å². The summed E-state index contributed by atoms with van der Waals surface area (Å²) in [6, 6.07) is 0. The molecule has 10 heavy (non-hydrogen) atoms. The molecule has 0 radical (unpaired) electrons. The number of rotatable bonds is 0. The van der Waals surface area contributed by atoms with E-state index in [9.17, 15) is 0 Å². The van der Waals surface area contributed by atoms with Crippen LogP contribution in [-0.2, 0) is 4.74 Å². The van der Waals surface area contributed by atoms with Gasteiger partial charge >= 0.3 is 0 Å².